The van der Waals surface area contributed by atoms with Crippen molar-refractivity contribution in [3.05, 3.63) is 65.7 Å². The predicted octanol–water partition coefficient (Wildman–Crippen LogP) is 3.11. The van der Waals surface area contributed by atoms with Crippen molar-refractivity contribution < 1.29 is 9.90 Å². The van der Waals surface area contributed by atoms with E-state index < -0.39 is 5.97 Å². The molecule has 0 aliphatic carbocycles. The summed E-state index contributed by atoms with van der Waals surface area (Å²) in [6.07, 6.45) is 2.19. The Labute approximate surface area is 154 Å². The van der Waals surface area contributed by atoms with Crippen LogP contribution in [0.4, 0.5) is 5.69 Å². The number of carboxylic acids is 1. The van der Waals surface area contributed by atoms with Crippen molar-refractivity contribution in [1.29, 1.82) is 0 Å². The van der Waals surface area contributed by atoms with E-state index in [1.165, 1.54) is 0 Å². The number of aliphatic imine (C=N–C) groups is 1. The molecule has 0 spiro atoms. The van der Waals surface area contributed by atoms with Gasteiger partial charge < -0.3 is 15.3 Å². The Hall–Kier alpha value is -2.66. The summed E-state index contributed by atoms with van der Waals surface area (Å²) in [5.41, 5.74) is 3.59. The largest absolute Gasteiger partial charge is 0.480 e. The van der Waals surface area contributed by atoms with Crippen molar-refractivity contribution in [3.8, 4) is 0 Å². The summed E-state index contributed by atoms with van der Waals surface area (Å²) in [4.78, 5) is 17.8. The first kappa shape index (κ1) is 18.1. The average molecular weight is 351 g/mol. The van der Waals surface area contributed by atoms with Crippen LogP contribution in [0.1, 0.15) is 24.0 Å². The van der Waals surface area contributed by atoms with Crippen LogP contribution in [0.5, 0.6) is 0 Å². The van der Waals surface area contributed by atoms with Gasteiger partial charge in [-0.3, -0.25) is 9.79 Å². The lowest BCUT2D eigenvalue weighted by Crippen LogP contribution is -2.37. The Morgan fingerprint density at radius 2 is 1.77 bits per heavy atom. The van der Waals surface area contributed by atoms with Gasteiger partial charge in [0.25, 0.3) is 0 Å². The molecule has 1 fully saturated rings. The van der Waals surface area contributed by atoms with E-state index in [0.29, 0.717) is 11.8 Å². The zero-order chi connectivity index (χ0) is 18.4. The highest BCUT2D eigenvalue weighted by molar-refractivity contribution is 6.16. The predicted molar refractivity (Wildman–Crippen MR) is 105 cm³/mol. The summed E-state index contributed by atoms with van der Waals surface area (Å²) < 4.78 is 0. The minimum absolute atomic E-state index is 0.243. The molecule has 2 aromatic carbocycles. The first-order valence-electron chi connectivity index (χ1n) is 8.99. The smallest absolute Gasteiger partial charge is 0.325 e. The van der Waals surface area contributed by atoms with Crippen LogP contribution in [0.15, 0.2) is 59.6 Å². The topological polar surface area (TPSA) is 64.9 Å². The van der Waals surface area contributed by atoms with E-state index in [1.807, 2.05) is 54.6 Å². The van der Waals surface area contributed by atoms with Crippen LogP contribution < -0.4 is 5.32 Å². The standard InChI is InChI=1S/C21H25N3O2/c1-24-13-11-17(12-14-24)23-19-10-6-5-9-18(19)21(22-15-20(25)26)16-7-3-2-4-8-16/h2-10,17,23H,11-15H2,1H3,(H,25,26). The Morgan fingerprint density at radius 1 is 1.12 bits per heavy atom. The van der Waals surface area contributed by atoms with Gasteiger partial charge in [0, 0.05) is 22.9 Å². The van der Waals surface area contributed by atoms with E-state index in [-0.39, 0.29) is 6.54 Å². The second kappa shape index (κ2) is 8.63. The number of rotatable bonds is 6. The van der Waals surface area contributed by atoms with Crippen LogP contribution in [-0.2, 0) is 4.79 Å². The number of carbonyl (C=O) groups is 1. The summed E-state index contributed by atoms with van der Waals surface area (Å²) in [7, 11) is 2.15. The number of hydrogen-bond acceptors (Lipinski definition) is 4. The lowest BCUT2D eigenvalue weighted by molar-refractivity contribution is -0.135. The number of anilines is 1. The SMILES string of the molecule is CN1CCC(Nc2ccccc2C(=NCC(=O)O)c2ccccc2)CC1. The van der Waals surface area contributed by atoms with Crippen LogP contribution in [0, 0.1) is 0 Å². The van der Waals surface area contributed by atoms with Crippen molar-refractivity contribution in [3.63, 3.8) is 0 Å². The molecule has 0 bridgehead atoms. The zero-order valence-corrected chi connectivity index (χ0v) is 15.1. The fraction of sp³-hybridized carbons (Fsp3) is 0.333. The highest BCUT2D eigenvalue weighted by Gasteiger charge is 2.19. The van der Waals surface area contributed by atoms with Crippen molar-refractivity contribution in [2.45, 2.75) is 18.9 Å². The molecular formula is C21H25N3O2. The van der Waals surface area contributed by atoms with Crippen LogP contribution in [-0.4, -0.2) is 54.4 Å². The quantitative estimate of drug-likeness (QED) is 0.785. The molecule has 1 aliphatic rings. The van der Waals surface area contributed by atoms with Gasteiger partial charge in [-0.25, -0.2) is 0 Å². The molecule has 136 valence electrons. The molecule has 2 N–H and O–H groups in total. The summed E-state index contributed by atoms with van der Waals surface area (Å²) in [5.74, 6) is -0.931. The Balaban J connectivity index is 1.92. The van der Waals surface area contributed by atoms with Crippen LogP contribution in [0.3, 0.4) is 0 Å². The normalized spacial score (nSPS) is 16.4. The van der Waals surface area contributed by atoms with Crippen LogP contribution in [0.25, 0.3) is 0 Å². The number of aliphatic carboxylic acids is 1. The van der Waals surface area contributed by atoms with Gasteiger partial charge >= 0.3 is 5.97 Å². The van der Waals surface area contributed by atoms with Crippen LogP contribution in [0.2, 0.25) is 0 Å². The van der Waals surface area contributed by atoms with Crippen molar-refractivity contribution >= 4 is 17.4 Å². The molecule has 1 aliphatic heterocycles. The molecule has 5 heteroatoms. The molecule has 3 rings (SSSR count). The summed E-state index contributed by atoms with van der Waals surface area (Å²) in [6, 6.07) is 18.2. The monoisotopic (exact) mass is 351 g/mol. The number of para-hydroxylation sites is 1. The number of nitrogens with one attached hydrogen (secondary N) is 1. The highest BCUT2D eigenvalue weighted by atomic mass is 16.4. The van der Waals surface area contributed by atoms with E-state index in [9.17, 15) is 4.79 Å². The molecule has 0 radical (unpaired) electrons. The van der Waals surface area contributed by atoms with Gasteiger partial charge in [0.15, 0.2) is 0 Å². The van der Waals surface area contributed by atoms with E-state index in [2.05, 4.69) is 22.3 Å². The fourth-order valence-electron chi connectivity index (χ4n) is 3.26. The molecule has 0 amide bonds. The van der Waals surface area contributed by atoms with Gasteiger partial charge in [0.1, 0.15) is 6.54 Å². The Morgan fingerprint density at radius 3 is 2.46 bits per heavy atom. The molecule has 0 atom stereocenters. The molecular weight excluding hydrogens is 326 g/mol. The minimum atomic E-state index is -0.931. The molecule has 0 saturated carbocycles. The molecule has 0 aromatic heterocycles. The lowest BCUT2D eigenvalue weighted by Gasteiger charge is -2.30. The number of benzene rings is 2. The van der Waals surface area contributed by atoms with Crippen molar-refractivity contribution in [2.24, 2.45) is 4.99 Å². The van der Waals surface area contributed by atoms with Gasteiger partial charge in [-0.2, -0.15) is 0 Å². The van der Waals surface area contributed by atoms with Gasteiger partial charge in [-0.15, -0.1) is 0 Å². The summed E-state index contributed by atoms with van der Waals surface area (Å²) in [5, 5.41) is 12.7. The maximum absolute atomic E-state index is 11.1. The van der Waals surface area contributed by atoms with Gasteiger partial charge in [-0.1, -0.05) is 48.5 Å². The van der Waals surface area contributed by atoms with Gasteiger partial charge in [0.05, 0.1) is 5.71 Å². The molecule has 1 saturated heterocycles. The third-order valence-corrected chi connectivity index (χ3v) is 4.68. The van der Waals surface area contributed by atoms with Crippen LogP contribution >= 0.6 is 0 Å². The van der Waals surface area contributed by atoms with Crippen molar-refractivity contribution in [2.75, 3.05) is 32.0 Å². The maximum Gasteiger partial charge on any atom is 0.325 e. The third-order valence-electron chi connectivity index (χ3n) is 4.68. The van der Waals surface area contributed by atoms with Crippen molar-refractivity contribution in [1.82, 2.24) is 4.90 Å². The van der Waals surface area contributed by atoms with Gasteiger partial charge in [0.2, 0.25) is 0 Å². The molecule has 26 heavy (non-hydrogen) atoms. The summed E-state index contributed by atoms with van der Waals surface area (Å²) in [6.45, 7) is 1.92. The first-order valence-corrected chi connectivity index (χ1v) is 8.99. The average Bonchev–Trinajstić information content (AvgIpc) is 2.66. The third kappa shape index (κ3) is 4.70. The Kier molecular flexibility index (Phi) is 6.02. The second-order valence-corrected chi connectivity index (χ2v) is 6.69. The number of piperidine rings is 1. The van der Waals surface area contributed by atoms with E-state index >= 15 is 0 Å². The maximum atomic E-state index is 11.1. The Bertz CT molecular complexity index is 766. The number of carboxylic acid groups (broad SMARTS) is 1. The molecule has 2 aromatic rings. The first-order chi connectivity index (χ1) is 12.6. The minimum Gasteiger partial charge on any atom is -0.480 e. The number of nitrogens with zero attached hydrogens (tertiary/aromatic N) is 2. The van der Waals surface area contributed by atoms with E-state index in [4.69, 9.17) is 5.11 Å². The number of hydrogen-bond donors (Lipinski definition) is 2. The molecule has 1 heterocycles. The van der Waals surface area contributed by atoms with Gasteiger partial charge in [-0.05, 0) is 39.0 Å². The second-order valence-electron chi connectivity index (χ2n) is 6.69. The summed E-state index contributed by atoms with van der Waals surface area (Å²) >= 11 is 0. The highest BCUT2D eigenvalue weighted by Crippen LogP contribution is 2.23. The fourth-order valence-corrected chi connectivity index (χ4v) is 3.26. The van der Waals surface area contributed by atoms with E-state index in [1.54, 1.807) is 0 Å². The lowest BCUT2D eigenvalue weighted by atomic mass is 9.98. The number of likely N-dealkylation sites (tertiary alicyclic amines) is 1. The molecule has 5 nitrogen and oxygen atoms in total. The zero-order valence-electron chi connectivity index (χ0n) is 15.1. The molecule has 0 unspecified atom stereocenters. The van der Waals surface area contributed by atoms with E-state index in [0.717, 1.165) is 42.7 Å².